The van der Waals surface area contributed by atoms with E-state index in [2.05, 4.69) is 0 Å². The van der Waals surface area contributed by atoms with Crippen molar-refractivity contribution >= 4 is 11.8 Å². The second kappa shape index (κ2) is 7.58. The van der Waals surface area contributed by atoms with Gasteiger partial charge in [0.2, 0.25) is 0 Å². The molecule has 0 aliphatic rings. The molecule has 1 unspecified atom stereocenters. The van der Waals surface area contributed by atoms with E-state index in [1.165, 1.54) is 36.4 Å². The van der Waals surface area contributed by atoms with Crippen LogP contribution in [0.4, 0.5) is 13.2 Å². The predicted octanol–water partition coefficient (Wildman–Crippen LogP) is 6.18. The predicted molar refractivity (Wildman–Crippen MR) is 91.5 cm³/mol. The third-order valence-corrected chi connectivity index (χ3v) is 4.94. The van der Waals surface area contributed by atoms with E-state index in [0.29, 0.717) is 6.42 Å². The smallest absolute Gasteiger partial charge is 0.123 e. The summed E-state index contributed by atoms with van der Waals surface area (Å²) in [5.74, 6) is -0.842. The summed E-state index contributed by atoms with van der Waals surface area (Å²) < 4.78 is 39.4. The van der Waals surface area contributed by atoms with E-state index in [9.17, 15) is 13.2 Å². The Morgan fingerprint density at radius 2 is 1.08 bits per heavy atom. The number of thioether (sulfide) groups is 1. The van der Waals surface area contributed by atoms with E-state index in [0.717, 1.165) is 16.0 Å². The lowest BCUT2D eigenvalue weighted by molar-refractivity contribution is 0.625. The first-order valence-electron chi connectivity index (χ1n) is 7.52. The molecule has 3 rings (SSSR count). The fourth-order valence-electron chi connectivity index (χ4n) is 2.42. The molecular formula is C20H15F3S. The second-order valence-corrected chi connectivity index (χ2v) is 6.72. The van der Waals surface area contributed by atoms with Crippen LogP contribution in [0.25, 0.3) is 0 Å². The van der Waals surface area contributed by atoms with Crippen molar-refractivity contribution in [2.24, 2.45) is 0 Å². The Hall–Kier alpha value is -2.20. The van der Waals surface area contributed by atoms with E-state index in [1.54, 1.807) is 48.2 Å². The van der Waals surface area contributed by atoms with Crippen molar-refractivity contribution in [2.75, 3.05) is 0 Å². The van der Waals surface area contributed by atoms with Gasteiger partial charge in [-0.1, -0.05) is 24.3 Å². The van der Waals surface area contributed by atoms with Gasteiger partial charge in [-0.05, 0) is 66.1 Å². The zero-order chi connectivity index (χ0) is 16.9. The van der Waals surface area contributed by atoms with Gasteiger partial charge < -0.3 is 0 Å². The molecule has 0 amide bonds. The summed E-state index contributed by atoms with van der Waals surface area (Å²) >= 11 is 1.57. The lowest BCUT2D eigenvalue weighted by atomic mass is 10.0. The number of hydrogen-bond acceptors (Lipinski definition) is 1. The molecule has 0 aromatic heterocycles. The first kappa shape index (κ1) is 16.7. The standard InChI is InChI=1S/C20H15F3S/c21-16-5-1-14(2-6-16)13-20(15-3-7-17(22)8-4-15)24-19-11-9-18(23)10-12-19/h1-12,20H,13H2. The fraction of sp³-hybridized carbons (Fsp3) is 0.100. The van der Waals surface area contributed by atoms with E-state index in [1.807, 2.05) is 0 Å². The van der Waals surface area contributed by atoms with Gasteiger partial charge in [0, 0.05) is 10.1 Å². The first-order valence-corrected chi connectivity index (χ1v) is 8.40. The highest BCUT2D eigenvalue weighted by molar-refractivity contribution is 7.99. The van der Waals surface area contributed by atoms with Crippen LogP contribution in [-0.4, -0.2) is 0 Å². The molecular weight excluding hydrogens is 329 g/mol. The summed E-state index contributed by atoms with van der Waals surface area (Å²) in [5, 5.41) is 0.0153. The van der Waals surface area contributed by atoms with Crippen LogP contribution < -0.4 is 0 Å². The van der Waals surface area contributed by atoms with Crippen LogP contribution in [0.5, 0.6) is 0 Å². The summed E-state index contributed by atoms with van der Waals surface area (Å²) in [6.07, 6.45) is 0.661. The number of hydrogen-bond donors (Lipinski definition) is 0. The van der Waals surface area contributed by atoms with Crippen molar-refractivity contribution in [1.82, 2.24) is 0 Å². The Kier molecular flexibility index (Phi) is 5.26. The number of rotatable bonds is 5. The minimum Gasteiger partial charge on any atom is -0.207 e. The zero-order valence-electron chi connectivity index (χ0n) is 12.8. The number of halogens is 3. The first-order chi connectivity index (χ1) is 11.6. The van der Waals surface area contributed by atoms with Crippen LogP contribution >= 0.6 is 11.8 Å². The summed E-state index contributed by atoms with van der Waals surface area (Å²) in [6, 6.07) is 19.0. The zero-order valence-corrected chi connectivity index (χ0v) is 13.6. The third-order valence-electron chi connectivity index (χ3n) is 3.67. The summed E-state index contributed by atoms with van der Waals surface area (Å²) in [5.41, 5.74) is 1.95. The van der Waals surface area contributed by atoms with Crippen molar-refractivity contribution < 1.29 is 13.2 Å². The normalized spacial score (nSPS) is 12.1. The molecule has 0 bridgehead atoms. The van der Waals surface area contributed by atoms with E-state index >= 15 is 0 Å². The molecule has 24 heavy (non-hydrogen) atoms. The highest BCUT2D eigenvalue weighted by Gasteiger charge is 2.15. The van der Waals surface area contributed by atoms with E-state index in [4.69, 9.17) is 0 Å². The Morgan fingerprint density at radius 3 is 1.62 bits per heavy atom. The topological polar surface area (TPSA) is 0 Å². The lowest BCUT2D eigenvalue weighted by Crippen LogP contribution is -2.00. The maximum absolute atomic E-state index is 13.2. The van der Waals surface area contributed by atoms with Gasteiger partial charge in [-0.2, -0.15) is 0 Å². The van der Waals surface area contributed by atoms with Crippen LogP contribution in [0.2, 0.25) is 0 Å². The molecule has 0 fully saturated rings. The largest absolute Gasteiger partial charge is 0.207 e. The summed E-state index contributed by atoms with van der Waals surface area (Å²) in [7, 11) is 0. The van der Waals surface area contributed by atoms with Crippen molar-refractivity contribution in [3.05, 3.63) is 101 Å². The van der Waals surface area contributed by atoms with E-state index in [-0.39, 0.29) is 22.7 Å². The van der Waals surface area contributed by atoms with Crippen molar-refractivity contribution in [3.63, 3.8) is 0 Å². The molecule has 0 heterocycles. The Bertz CT molecular complexity index is 733. The van der Waals surface area contributed by atoms with Crippen molar-refractivity contribution in [1.29, 1.82) is 0 Å². The Morgan fingerprint density at radius 1 is 0.625 bits per heavy atom. The highest BCUT2D eigenvalue weighted by atomic mass is 32.2. The average Bonchev–Trinajstić information content (AvgIpc) is 2.59. The summed E-state index contributed by atoms with van der Waals surface area (Å²) in [4.78, 5) is 0.924. The maximum atomic E-state index is 13.2. The van der Waals surface area contributed by atoms with Gasteiger partial charge in [-0.3, -0.25) is 0 Å². The fourth-order valence-corrected chi connectivity index (χ4v) is 3.61. The quantitative estimate of drug-likeness (QED) is 0.498. The maximum Gasteiger partial charge on any atom is 0.123 e. The molecule has 0 nitrogen and oxygen atoms in total. The molecule has 0 saturated heterocycles. The minimum absolute atomic E-state index is 0.0153. The SMILES string of the molecule is Fc1ccc(CC(Sc2ccc(F)cc2)c2ccc(F)cc2)cc1. The summed E-state index contributed by atoms with van der Waals surface area (Å²) in [6.45, 7) is 0. The monoisotopic (exact) mass is 344 g/mol. The Balaban J connectivity index is 1.86. The van der Waals surface area contributed by atoms with Gasteiger partial charge in [0.15, 0.2) is 0 Å². The Labute approximate surface area is 143 Å². The molecule has 0 aliphatic carbocycles. The molecule has 0 N–H and O–H groups in total. The van der Waals surface area contributed by atoms with E-state index < -0.39 is 0 Å². The van der Waals surface area contributed by atoms with Crippen LogP contribution in [0.1, 0.15) is 16.4 Å². The van der Waals surface area contributed by atoms with Crippen LogP contribution in [0.15, 0.2) is 77.7 Å². The number of benzene rings is 3. The molecule has 0 radical (unpaired) electrons. The average molecular weight is 344 g/mol. The third kappa shape index (κ3) is 4.42. The lowest BCUT2D eigenvalue weighted by Gasteiger charge is -2.17. The highest BCUT2D eigenvalue weighted by Crippen LogP contribution is 2.38. The van der Waals surface area contributed by atoms with Gasteiger partial charge in [0.05, 0.1) is 0 Å². The molecule has 0 saturated carbocycles. The molecule has 0 aliphatic heterocycles. The van der Waals surface area contributed by atoms with Crippen molar-refractivity contribution in [3.8, 4) is 0 Å². The van der Waals surface area contributed by atoms with Gasteiger partial charge in [0.25, 0.3) is 0 Å². The van der Waals surface area contributed by atoms with Crippen LogP contribution in [0.3, 0.4) is 0 Å². The van der Waals surface area contributed by atoms with Gasteiger partial charge in [0.1, 0.15) is 17.5 Å². The molecule has 3 aromatic carbocycles. The van der Waals surface area contributed by atoms with Gasteiger partial charge >= 0.3 is 0 Å². The molecule has 0 spiro atoms. The van der Waals surface area contributed by atoms with Crippen molar-refractivity contribution in [2.45, 2.75) is 16.6 Å². The van der Waals surface area contributed by atoms with Gasteiger partial charge in [-0.15, -0.1) is 11.8 Å². The molecule has 1 atom stereocenters. The molecule has 3 aromatic rings. The minimum atomic E-state index is -0.286. The second-order valence-electron chi connectivity index (χ2n) is 5.44. The molecule has 122 valence electrons. The molecule has 4 heteroatoms. The van der Waals surface area contributed by atoms with Crippen LogP contribution in [0, 0.1) is 17.5 Å². The van der Waals surface area contributed by atoms with Gasteiger partial charge in [-0.25, -0.2) is 13.2 Å². The van der Waals surface area contributed by atoms with Crippen LogP contribution in [-0.2, 0) is 6.42 Å².